The highest BCUT2D eigenvalue weighted by molar-refractivity contribution is 5.99. The lowest BCUT2D eigenvalue weighted by atomic mass is 10.1. The predicted molar refractivity (Wildman–Crippen MR) is 119 cm³/mol. The van der Waals surface area contributed by atoms with Crippen LogP contribution in [0, 0.1) is 5.82 Å². The van der Waals surface area contributed by atoms with E-state index in [0.29, 0.717) is 18.8 Å². The average Bonchev–Trinajstić information content (AvgIpc) is 3.15. The molecule has 2 heterocycles. The molecule has 2 aromatic heterocycles. The summed E-state index contributed by atoms with van der Waals surface area (Å²) in [4.78, 5) is 16.2. The van der Waals surface area contributed by atoms with Crippen LogP contribution >= 0.6 is 0 Å². The lowest BCUT2D eigenvalue weighted by Gasteiger charge is -2.21. The fraction of sp³-hybridized carbons (Fsp3) is 0.381. The van der Waals surface area contributed by atoms with Gasteiger partial charge in [-0.3, -0.25) is 9.48 Å². The predicted octanol–water partition coefficient (Wildman–Crippen LogP) is 2.60. The number of benzene rings is 1. The molecule has 0 radical (unpaired) electrons. The molecule has 3 rings (SSSR count). The van der Waals surface area contributed by atoms with Crippen molar-refractivity contribution in [2.45, 2.75) is 38.9 Å². The van der Waals surface area contributed by atoms with Crippen molar-refractivity contribution in [3.05, 3.63) is 41.8 Å². The molecule has 0 aliphatic carbocycles. The summed E-state index contributed by atoms with van der Waals surface area (Å²) in [5.41, 5.74) is 13.0. The molecule has 0 fully saturated rings. The number of fused-ring (bicyclic) bond motifs is 1. The fourth-order valence-corrected chi connectivity index (χ4v) is 3.21. The van der Waals surface area contributed by atoms with Gasteiger partial charge in [-0.1, -0.05) is 6.92 Å². The summed E-state index contributed by atoms with van der Waals surface area (Å²) < 4.78 is 21.5. The number of methoxy groups -OCH3 is 1. The van der Waals surface area contributed by atoms with Gasteiger partial charge in [0.1, 0.15) is 5.82 Å². The molecule has 0 bridgehead atoms. The highest BCUT2D eigenvalue weighted by Gasteiger charge is 2.19. The first-order chi connectivity index (χ1) is 14.8. The summed E-state index contributed by atoms with van der Waals surface area (Å²) >= 11 is 0. The van der Waals surface area contributed by atoms with Crippen molar-refractivity contribution in [3.8, 4) is 0 Å². The number of nitrogens with one attached hydrogen (secondary N) is 2. The van der Waals surface area contributed by atoms with E-state index in [1.807, 2.05) is 36.7 Å². The maximum atomic E-state index is 14.5. The maximum absolute atomic E-state index is 14.5. The van der Waals surface area contributed by atoms with Crippen LogP contribution < -0.4 is 22.1 Å². The number of pyridine rings is 1. The van der Waals surface area contributed by atoms with Crippen molar-refractivity contribution in [2.24, 2.45) is 11.5 Å². The number of ether oxygens (including phenoxy) is 1. The van der Waals surface area contributed by atoms with Gasteiger partial charge in [-0.2, -0.15) is 5.10 Å². The van der Waals surface area contributed by atoms with E-state index in [4.69, 9.17) is 16.2 Å². The summed E-state index contributed by atoms with van der Waals surface area (Å²) in [5.74, 6) is -1.31. The van der Waals surface area contributed by atoms with Gasteiger partial charge < -0.3 is 26.8 Å². The first-order valence-corrected chi connectivity index (χ1v) is 10.1. The highest BCUT2D eigenvalue weighted by atomic mass is 19.1. The Labute approximate surface area is 180 Å². The Balaban J connectivity index is 1.91. The Hall–Kier alpha value is -3.24. The van der Waals surface area contributed by atoms with Crippen LogP contribution in [0.15, 0.2) is 30.5 Å². The van der Waals surface area contributed by atoms with Gasteiger partial charge in [0, 0.05) is 30.3 Å². The van der Waals surface area contributed by atoms with Crippen molar-refractivity contribution in [1.82, 2.24) is 14.8 Å². The Morgan fingerprint density at radius 3 is 2.77 bits per heavy atom. The van der Waals surface area contributed by atoms with Crippen LogP contribution in [0.2, 0.25) is 0 Å². The second-order valence-corrected chi connectivity index (χ2v) is 7.34. The third-order valence-electron chi connectivity index (χ3n) is 5.13. The average molecular weight is 430 g/mol. The number of hydrogen-bond acceptors (Lipinski definition) is 7. The first kappa shape index (κ1) is 22.4. The number of amides is 1. The van der Waals surface area contributed by atoms with E-state index in [2.05, 4.69) is 20.7 Å². The minimum absolute atomic E-state index is 0.00244. The third kappa shape index (κ3) is 5.09. The largest absolute Gasteiger partial charge is 0.383 e. The monoisotopic (exact) mass is 429 g/mol. The molecule has 3 aromatic rings. The summed E-state index contributed by atoms with van der Waals surface area (Å²) in [6.07, 6.45) is 2.46. The zero-order valence-electron chi connectivity index (χ0n) is 17.9. The number of nitrogens with zero attached hydrogens (tertiary/aromatic N) is 3. The number of anilines is 3. The van der Waals surface area contributed by atoms with Gasteiger partial charge in [-0.05, 0) is 37.6 Å². The third-order valence-corrected chi connectivity index (χ3v) is 5.13. The first-order valence-electron chi connectivity index (χ1n) is 10.1. The molecule has 10 heteroatoms. The van der Waals surface area contributed by atoms with E-state index >= 15 is 0 Å². The van der Waals surface area contributed by atoms with Gasteiger partial charge in [0.2, 0.25) is 0 Å². The van der Waals surface area contributed by atoms with Gasteiger partial charge in [-0.25, -0.2) is 9.37 Å². The van der Waals surface area contributed by atoms with Gasteiger partial charge in [0.15, 0.2) is 11.6 Å². The van der Waals surface area contributed by atoms with Crippen LogP contribution in [0.1, 0.15) is 30.6 Å². The van der Waals surface area contributed by atoms with Crippen LogP contribution in [0.5, 0.6) is 0 Å². The zero-order valence-corrected chi connectivity index (χ0v) is 17.9. The van der Waals surface area contributed by atoms with E-state index in [1.54, 1.807) is 13.3 Å². The standard InChI is InChI=1S/C21H28FN7O2/c1-4-17(23)12(2)26-21-16(22)10-15(19(24)30)20(28-21)27-14-5-6-18-13(9-14)11-25-29(18)7-8-31-3/h5-6,9-12,17H,4,7-8,23H2,1-3H3,(H2,24,30)(H2,26,27,28)/t12-,17+/m1/s1. The lowest BCUT2D eigenvalue weighted by Crippen LogP contribution is -2.38. The minimum Gasteiger partial charge on any atom is -0.383 e. The molecule has 0 saturated heterocycles. The van der Waals surface area contributed by atoms with Crippen molar-refractivity contribution >= 4 is 34.1 Å². The molecule has 1 aromatic carbocycles. The Bertz CT molecular complexity index is 1070. The lowest BCUT2D eigenvalue weighted by molar-refractivity contribution is 0.100. The number of halogens is 1. The molecular weight excluding hydrogens is 401 g/mol. The van der Waals surface area contributed by atoms with Crippen LogP contribution in [-0.2, 0) is 11.3 Å². The number of aromatic nitrogens is 3. The van der Waals surface area contributed by atoms with Crippen LogP contribution in [0.3, 0.4) is 0 Å². The number of primary amides is 1. The van der Waals surface area contributed by atoms with Crippen LogP contribution in [0.25, 0.3) is 10.9 Å². The van der Waals surface area contributed by atoms with Crippen LogP contribution in [0.4, 0.5) is 21.7 Å². The fourth-order valence-electron chi connectivity index (χ4n) is 3.21. The van der Waals surface area contributed by atoms with E-state index in [-0.39, 0.29) is 29.3 Å². The summed E-state index contributed by atoms with van der Waals surface area (Å²) in [5, 5.41) is 11.3. The normalized spacial score (nSPS) is 13.2. The minimum atomic E-state index is -0.785. The molecule has 0 aliphatic rings. The summed E-state index contributed by atoms with van der Waals surface area (Å²) in [6.45, 7) is 4.97. The van der Waals surface area contributed by atoms with Gasteiger partial charge in [-0.15, -0.1) is 0 Å². The molecule has 31 heavy (non-hydrogen) atoms. The summed E-state index contributed by atoms with van der Waals surface area (Å²) in [6, 6.07) is 6.27. The summed E-state index contributed by atoms with van der Waals surface area (Å²) in [7, 11) is 1.64. The molecule has 1 amide bonds. The molecule has 0 aliphatic heterocycles. The molecule has 2 atom stereocenters. The second-order valence-electron chi connectivity index (χ2n) is 7.34. The van der Waals surface area contributed by atoms with Crippen molar-refractivity contribution in [2.75, 3.05) is 24.4 Å². The van der Waals surface area contributed by atoms with E-state index in [0.717, 1.165) is 23.4 Å². The van der Waals surface area contributed by atoms with Crippen LogP contribution in [-0.4, -0.2) is 46.5 Å². The number of carbonyl (C=O) groups excluding carboxylic acids is 1. The number of carbonyl (C=O) groups is 1. The molecular formula is C21H28FN7O2. The number of nitrogens with two attached hydrogens (primary N) is 2. The zero-order chi connectivity index (χ0) is 22.5. The molecule has 0 unspecified atom stereocenters. The Kier molecular flexibility index (Phi) is 7.03. The molecule has 0 spiro atoms. The smallest absolute Gasteiger partial charge is 0.252 e. The Morgan fingerprint density at radius 2 is 2.10 bits per heavy atom. The van der Waals surface area contributed by atoms with Crippen molar-refractivity contribution < 1.29 is 13.9 Å². The second kappa shape index (κ2) is 9.71. The number of rotatable bonds is 10. The topological polar surface area (TPSA) is 133 Å². The molecule has 166 valence electrons. The molecule has 6 N–H and O–H groups in total. The van der Waals surface area contributed by atoms with Crippen molar-refractivity contribution in [3.63, 3.8) is 0 Å². The van der Waals surface area contributed by atoms with Gasteiger partial charge >= 0.3 is 0 Å². The Morgan fingerprint density at radius 1 is 1.32 bits per heavy atom. The van der Waals surface area contributed by atoms with E-state index in [1.165, 1.54) is 0 Å². The van der Waals surface area contributed by atoms with Crippen molar-refractivity contribution in [1.29, 1.82) is 0 Å². The quantitative estimate of drug-likeness (QED) is 0.389. The highest BCUT2D eigenvalue weighted by Crippen LogP contribution is 2.26. The van der Waals surface area contributed by atoms with Gasteiger partial charge in [0.25, 0.3) is 5.91 Å². The maximum Gasteiger partial charge on any atom is 0.252 e. The molecule has 9 nitrogen and oxygen atoms in total. The SMILES string of the molecule is CC[C@H](N)[C@@H](C)Nc1nc(Nc2ccc3c(cnn3CCOC)c2)c(C(N)=O)cc1F. The van der Waals surface area contributed by atoms with E-state index in [9.17, 15) is 9.18 Å². The molecule has 0 saturated carbocycles. The van der Waals surface area contributed by atoms with Gasteiger partial charge in [0.05, 0.1) is 30.4 Å². The number of hydrogen-bond donors (Lipinski definition) is 4. The van der Waals surface area contributed by atoms with E-state index < -0.39 is 11.7 Å².